The summed E-state index contributed by atoms with van der Waals surface area (Å²) in [5.74, 6) is 1.26. The molecule has 0 unspecified atom stereocenters. The molecular weight excluding hydrogens is 702 g/mol. The van der Waals surface area contributed by atoms with Gasteiger partial charge in [0.1, 0.15) is 6.73 Å². The summed E-state index contributed by atoms with van der Waals surface area (Å²) >= 11 is 0. The van der Waals surface area contributed by atoms with Gasteiger partial charge in [0.2, 0.25) is 10.0 Å². The van der Waals surface area contributed by atoms with Gasteiger partial charge in [-0.2, -0.15) is 4.31 Å². The fourth-order valence-corrected chi connectivity index (χ4v) is 7.96. The average Bonchev–Trinajstić information content (AvgIpc) is 3.86. The molecule has 0 atom stereocenters. The molecule has 0 amide bonds. The SMILES string of the molecule is CCCN(CO)S(=O)(=O)c1cccc2c1-c1nc-2nc2[n-]c(nc3nc(nc4[n-]c(n1)c1ccccc41)-c1ccccc1-3)c1ccccc21.[Cu+2]. The number of aromatic nitrogens is 8. The number of hydrogen-bond donors (Lipinski definition) is 1. The van der Waals surface area contributed by atoms with Gasteiger partial charge >= 0.3 is 17.1 Å². The summed E-state index contributed by atoms with van der Waals surface area (Å²) in [4.78, 5) is 39.0. The predicted molar refractivity (Wildman–Crippen MR) is 185 cm³/mol. The zero-order chi connectivity index (χ0) is 33.3. The zero-order valence-electron chi connectivity index (χ0n) is 26.3. The van der Waals surface area contributed by atoms with Crippen molar-refractivity contribution in [1.82, 2.24) is 44.2 Å². The molecule has 249 valence electrons. The summed E-state index contributed by atoms with van der Waals surface area (Å²) < 4.78 is 29.1. The number of aliphatic hydroxyl groups excluding tert-OH is 1. The molecule has 3 aromatic heterocycles. The van der Waals surface area contributed by atoms with Gasteiger partial charge < -0.3 is 35.0 Å². The first-order chi connectivity index (χ1) is 23.9. The van der Waals surface area contributed by atoms with Crippen LogP contribution in [-0.4, -0.2) is 61.0 Å². The van der Waals surface area contributed by atoms with Gasteiger partial charge in [-0.25, -0.2) is 18.4 Å². The van der Waals surface area contributed by atoms with Crippen LogP contribution in [-0.2, 0) is 27.1 Å². The molecular formula is C36H25CuN9O3S. The Balaban J connectivity index is 0.00000361. The number of rotatable bonds is 5. The molecule has 2 aliphatic rings. The van der Waals surface area contributed by atoms with Gasteiger partial charge in [-0.3, -0.25) is 0 Å². The van der Waals surface area contributed by atoms with E-state index in [1.54, 1.807) is 12.1 Å². The van der Waals surface area contributed by atoms with E-state index < -0.39 is 16.8 Å². The molecule has 14 heteroatoms. The minimum absolute atomic E-state index is 0. The largest absolute Gasteiger partial charge is 2.00 e. The molecule has 50 heavy (non-hydrogen) atoms. The Kier molecular flexibility index (Phi) is 7.77. The monoisotopic (exact) mass is 726 g/mol. The summed E-state index contributed by atoms with van der Waals surface area (Å²) in [5, 5.41) is 13.0. The first-order valence-corrected chi connectivity index (χ1v) is 17.1. The van der Waals surface area contributed by atoms with Crippen molar-refractivity contribution in [2.24, 2.45) is 0 Å². The average molecular weight is 727 g/mol. The Morgan fingerprint density at radius 1 is 0.580 bits per heavy atom. The molecule has 0 spiro atoms. The zero-order valence-corrected chi connectivity index (χ0v) is 28.0. The van der Waals surface area contributed by atoms with Crippen LogP contribution < -0.4 is 9.97 Å². The standard InChI is InChI=1S/C36H25N9O3S.Cu/c1-2-18-45(19-46)49(47,48)27-17-9-16-26-28(27)36-43-34-25-15-8-7-14-24(25)32(41-34)39-30-21-11-4-3-10-20(21)29(37-30)38-31-22-12-5-6-13-23(22)33(40-31)42-35(26)44-36;/h3-17,46H,2,18-19H2,1H3;/q-2;+2. The molecule has 2 aliphatic heterocycles. The van der Waals surface area contributed by atoms with Crippen molar-refractivity contribution >= 4 is 54.2 Å². The number of sulfonamides is 1. The quantitative estimate of drug-likeness (QED) is 0.177. The van der Waals surface area contributed by atoms with Crippen LogP contribution in [0.3, 0.4) is 0 Å². The van der Waals surface area contributed by atoms with E-state index in [1.807, 2.05) is 79.7 Å². The first-order valence-electron chi connectivity index (χ1n) is 15.7. The molecule has 4 aromatic carbocycles. The van der Waals surface area contributed by atoms with E-state index in [2.05, 4.69) is 0 Å². The maximum absolute atomic E-state index is 14.0. The normalized spacial score (nSPS) is 12.2. The van der Waals surface area contributed by atoms with E-state index in [0.29, 0.717) is 51.6 Å². The minimum Gasteiger partial charge on any atom is -0.380 e. The smallest absolute Gasteiger partial charge is 0.380 e. The Morgan fingerprint density at radius 3 is 1.48 bits per heavy atom. The summed E-state index contributed by atoms with van der Waals surface area (Å²) in [5.41, 5.74) is 3.85. The fraction of sp³-hybridized carbons (Fsp3) is 0.111. The third-order valence-corrected chi connectivity index (χ3v) is 10.5. The fourth-order valence-electron chi connectivity index (χ4n) is 6.40. The van der Waals surface area contributed by atoms with Crippen LogP contribution in [0.15, 0.2) is 95.9 Å². The van der Waals surface area contributed by atoms with Gasteiger partial charge in [-0.05, 0) is 34.0 Å². The van der Waals surface area contributed by atoms with Crippen LogP contribution in [0.2, 0.25) is 0 Å². The van der Waals surface area contributed by atoms with Crippen LogP contribution in [0.5, 0.6) is 0 Å². The molecule has 0 fully saturated rings. The summed E-state index contributed by atoms with van der Waals surface area (Å²) in [6, 6.07) is 27.8. The Hall–Kier alpha value is -5.37. The van der Waals surface area contributed by atoms with Crippen LogP contribution in [0.25, 0.3) is 89.7 Å². The first kappa shape index (κ1) is 31.9. The van der Waals surface area contributed by atoms with E-state index in [0.717, 1.165) is 31.6 Å². The van der Waals surface area contributed by atoms with E-state index in [-0.39, 0.29) is 45.7 Å². The van der Waals surface area contributed by atoms with Gasteiger partial charge in [0.15, 0.2) is 0 Å². The second-order valence-electron chi connectivity index (χ2n) is 11.6. The van der Waals surface area contributed by atoms with Crippen molar-refractivity contribution in [3.05, 3.63) is 91.0 Å². The van der Waals surface area contributed by atoms with Crippen molar-refractivity contribution in [3.63, 3.8) is 0 Å². The summed E-state index contributed by atoms with van der Waals surface area (Å²) in [6.07, 6.45) is 0.514. The number of nitrogens with zero attached hydrogens (tertiary/aromatic N) is 9. The third kappa shape index (κ3) is 4.91. The Bertz CT molecular complexity index is 2780. The maximum Gasteiger partial charge on any atom is 2.00 e. The van der Waals surface area contributed by atoms with E-state index in [1.165, 1.54) is 6.07 Å². The molecule has 5 heterocycles. The molecule has 9 rings (SSSR count). The van der Waals surface area contributed by atoms with Crippen molar-refractivity contribution in [3.8, 4) is 45.6 Å². The molecule has 0 saturated heterocycles. The number of hydrogen-bond acceptors (Lipinski definition) is 9. The molecule has 8 bridgehead atoms. The Labute approximate surface area is 295 Å². The second kappa shape index (κ2) is 12.2. The predicted octanol–water partition coefficient (Wildman–Crippen LogP) is 5.48. The van der Waals surface area contributed by atoms with Gasteiger partial charge in [-0.1, -0.05) is 91.9 Å². The van der Waals surface area contributed by atoms with Crippen LogP contribution in [0, 0.1) is 0 Å². The van der Waals surface area contributed by atoms with Gasteiger partial charge in [0.05, 0.1) is 28.2 Å². The van der Waals surface area contributed by atoms with Crippen LogP contribution >= 0.6 is 0 Å². The number of benzene rings is 4. The number of aliphatic hydroxyl groups is 1. The number of fused-ring (bicyclic) bond motifs is 20. The molecule has 0 aliphatic carbocycles. The molecule has 7 aromatic rings. The minimum atomic E-state index is -4.17. The van der Waals surface area contributed by atoms with Crippen molar-refractivity contribution in [2.45, 2.75) is 18.2 Å². The third-order valence-electron chi connectivity index (χ3n) is 8.66. The summed E-state index contributed by atoms with van der Waals surface area (Å²) in [7, 11) is -4.17. The van der Waals surface area contributed by atoms with Gasteiger partial charge in [0, 0.05) is 51.4 Å². The summed E-state index contributed by atoms with van der Waals surface area (Å²) in [6.45, 7) is 1.30. The van der Waals surface area contributed by atoms with Crippen molar-refractivity contribution < 1.29 is 30.6 Å². The second-order valence-corrected chi connectivity index (χ2v) is 13.5. The maximum atomic E-state index is 14.0. The van der Waals surface area contributed by atoms with Crippen molar-refractivity contribution in [2.75, 3.05) is 13.3 Å². The molecule has 12 nitrogen and oxygen atoms in total. The van der Waals surface area contributed by atoms with Crippen LogP contribution in [0.4, 0.5) is 0 Å². The Morgan fingerprint density at radius 2 is 1.00 bits per heavy atom. The molecule has 1 N–H and O–H groups in total. The molecule has 1 radical (unpaired) electrons. The van der Waals surface area contributed by atoms with Gasteiger partial charge in [-0.15, -0.1) is 0 Å². The van der Waals surface area contributed by atoms with E-state index in [4.69, 9.17) is 39.9 Å². The van der Waals surface area contributed by atoms with Gasteiger partial charge in [0.25, 0.3) is 0 Å². The van der Waals surface area contributed by atoms with E-state index in [9.17, 15) is 13.5 Å². The van der Waals surface area contributed by atoms with Crippen LogP contribution in [0.1, 0.15) is 13.3 Å². The topological polar surface area (TPSA) is 163 Å². The molecule has 0 saturated carbocycles. The van der Waals surface area contributed by atoms with Crippen molar-refractivity contribution in [1.29, 1.82) is 0 Å². The van der Waals surface area contributed by atoms with E-state index >= 15 is 0 Å².